The van der Waals surface area contributed by atoms with E-state index in [0.29, 0.717) is 10.7 Å². The minimum absolute atomic E-state index is 0.149. The highest BCUT2D eigenvalue weighted by atomic mass is 32.1. The summed E-state index contributed by atoms with van der Waals surface area (Å²) in [6.45, 7) is 1.92. The van der Waals surface area contributed by atoms with Crippen LogP contribution in [0.1, 0.15) is 16.1 Å². The molecule has 3 aromatic rings. The fourth-order valence-corrected chi connectivity index (χ4v) is 3.32. The van der Waals surface area contributed by atoms with Crippen molar-refractivity contribution in [2.75, 3.05) is 5.32 Å². The number of hydrogen-bond donors (Lipinski definition) is 1. The second-order valence-corrected chi connectivity index (χ2v) is 5.85. The maximum Gasteiger partial charge on any atom is 0.257 e. The smallest absolute Gasteiger partial charge is 0.257 e. The van der Waals surface area contributed by atoms with Gasteiger partial charge in [-0.2, -0.15) is 0 Å². The van der Waals surface area contributed by atoms with E-state index in [2.05, 4.69) is 15.3 Å². The van der Waals surface area contributed by atoms with Gasteiger partial charge < -0.3 is 0 Å². The maximum atomic E-state index is 12.1. The van der Waals surface area contributed by atoms with E-state index in [1.165, 1.54) is 11.3 Å². The van der Waals surface area contributed by atoms with Crippen molar-refractivity contribution < 1.29 is 4.79 Å². The van der Waals surface area contributed by atoms with Crippen LogP contribution in [0, 0.1) is 6.92 Å². The van der Waals surface area contributed by atoms with Crippen molar-refractivity contribution in [1.82, 2.24) is 9.97 Å². The monoisotopic (exact) mass is 301 g/mol. The third kappa shape index (κ3) is 2.61. The van der Waals surface area contributed by atoms with Gasteiger partial charge in [0.2, 0.25) is 0 Å². The summed E-state index contributed by atoms with van der Waals surface area (Å²) in [5.41, 5.74) is 4.20. The first-order valence-electron chi connectivity index (χ1n) is 5.96. The van der Waals surface area contributed by atoms with Crippen LogP contribution in [0.3, 0.4) is 0 Å². The number of aryl methyl sites for hydroxylation is 1. The molecule has 0 spiro atoms. The number of carbonyl (C=O) groups is 1. The second kappa shape index (κ2) is 5.52. The zero-order chi connectivity index (χ0) is 13.9. The van der Waals surface area contributed by atoms with Crippen molar-refractivity contribution in [2.24, 2.45) is 0 Å². The van der Waals surface area contributed by atoms with Crippen molar-refractivity contribution in [2.45, 2.75) is 6.92 Å². The van der Waals surface area contributed by atoms with E-state index in [1.807, 2.05) is 30.5 Å². The van der Waals surface area contributed by atoms with E-state index < -0.39 is 0 Å². The van der Waals surface area contributed by atoms with Gasteiger partial charge in [0.25, 0.3) is 5.91 Å². The van der Waals surface area contributed by atoms with Gasteiger partial charge in [-0.05, 0) is 19.1 Å². The first-order valence-corrected chi connectivity index (χ1v) is 7.72. The summed E-state index contributed by atoms with van der Waals surface area (Å²) < 4.78 is 0. The number of benzene rings is 1. The summed E-state index contributed by atoms with van der Waals surface area (Å²) in [7, 11) is 0. The summed E-state index contributed by atoms with van der Waals surface area (Å²) >= 11 is 2.98. The van der Waals surface area contributed by atoms with Crippen LogP contribution < -0.4 is 5.32 Å². The fraction of sp³-hybridized carbons (Fsp3) is 0.0714. The van der Waals surface area contributed by atoms with Crippen LogP contribution in [-0.2, 0) is 0 Å². The quantitative estimate of drug-likeness (QED) is 0.800. The van der Waals surface area contributed by atoms with Crippen molar-refractivity contribution in [1.29, 1.82) is 0 Å². The largest absolute Gasteiger partial charge is 0.298 e. The Bertz CT molecular complexity index is 720. The topological polar surface area (TPSA) is 54.9 Å². The first-order chi connectivity index (χ1) is 9.74. The maximum absolute atomic E-state index is 12.1. The molecule has 2 aromatic heterocycles. The molecular weight excluding hydrogens is 290 g/mol. The molecule has 0 aliphatic rings. The Morgan fingerprint density at radius 3 is 2.75 bits per heavy atom. The molecular formula is C14H11N3OS2. The molecule has 1 aromatic carbocycles. The van der Waals surface area contributed by atoms with Crippen LogP contribution in [0.25, 0.3) is 10.6 Å². The van der Waals surface area contributed by atoms with Gasteiger partial charge in [0.15, 0.2) is 5.13 Å². The van der Waals surface area contributed by atoms with Gasteiger partial charge >= 0.3 is 0 Å². The number of hydrogen-bond acceptors (Lipinski definition) is 5. The van der Waals surface area contributed by atoms with E-state index in [-0.39, 0.29) is 5.91 Å². The second-order valence-electron chi connectivity index (χ2n) is 4.13. The molecule has 0 aliphatic heterocycles. The molecule has 0 saturated heterocycles. The normalized spacial score (nSPS) is 10.4. The Morgan fingerprint density at radius 1 is 1.25 bits per heavy atom. The van der Waals surface area contributed by atoms with Gasteiger partial charge in [0.05, 0.1) is 21.8 Å². The number of anilines is 1. The summed E-state index contributed by atoms with van der Waals surface area (Å²) in [5, 5.41) is 5.40. The third-order valence-corrected chi connectivity index (χ3v) is 4.40. The molecule has 0 radical (unpaired) electrons. The molecule has 0 unspecified atom stereocenters. The van der Waals surface area contributed by atoms with Crippen molar-refractivity contribution >= 4 is 33.7 Å². The van der Waals surface area contributed by atoms with Gasteiger partial charge in [-0.15, -0.1) is 11.3 Å². The van der Waals surface area contributed by atoms with Crippen molar-refractivity contribution in [3.05, 3.63) is 52.5 Å². The SMILES string of the molecule is Cc1nc(NC(=O)c2ccccc2)sc1-c1cscn1. The van der Waals surface area contributed by atoms with E-state index in [4.69, 9.17) is 0 Å². The van der Waals surface area contributed by atoms with Gasteiger partial charge in [-0.25, -0.2) is 9.97 Å². The molecule has 0 bridgehead atoms. The van der Waals surface area contributed by atoms with Crippen LogP contribution in [0.2, 0.25) is 0 Å². The molecule has 6 heteroatoms. The number of amides is 1. The summed E-state index contributed by atoms with van der Waals surface area (Å²) in [6.07, 6.45) is 0. The predicted molar refractivity (Wildman–Crippen MR) is 82.4 cm³/mol. The predicted octanol–water partition coefficient (Wildman–Crippen LogP) is 3.83. The average molecular weight is 301 g/mol. The minimum Gasteiger partial charge on any atom is -0.298 e. The Labute approximate surface area is 124 Å². The standard InChI is InChI=1S/C14H11N3OS2/c1-9-12(11-7-19-8-15-11)20-14(16-9)17-13(18)10-5-3-2-4-6-10/h2-8H,1H3,(H,16,17,18). The molecule has 1 N–H and O–H groups in total. The molecule has 20 heavy (non-hydrogen) atoms. The number of nitrogens with one attached hydrogen (secondary N) is 1. The molecule has 100 valence electrons. The van der Waals surface area contributed by atoms with E-state index in [0.717, 1.165) is 16.3 Å². The molecule has 0 saturated carbocycles. The minimum atomic E-state index is -0.149. The van der Waals surface area contributed by atoms with Crippen LogP contribution in [-0.4, -0.2) is 15.9 Å². The highest BCUT2D eigenvalue weighted by Gasteiger charge is 2.13. The Morgan fingerprint density at radius 2 is 2.05 bits per heavy atom. The van der Waals surface area contributed by atoms with Gasteiger partial charge in [0, 0.05) is 10.9 Å². The Hall–Kier alpha value is -2.05. The number of thiazole rings is 2. The van der Waals surface area contributed by atoms with Crippen molar-refractivity contribution in [3.8, 4) is 10.6 Å². The average Bonchev–Trinajstić information content (AvgIpc) is 3.09. The lowest BCUT2D eigenvalue weighted by Gasteiger charge is -2.00. The molecule has 3 rings (SSSR count). The lowest BCUT2D eigenvalue weighted by molar-refractivity contribution is 0.102. The lowest BCUT2D eigenvalue weighted by atomic mass is 10.2. The van der Waals surface area contributed by atoms with Crippen LogP contribution in [0.5, 0.6) is 0 Å². The Balaban J connectivity index is 1.83. The zero-order valence-electron chi connectivity index (χ0n) is 10.7. The van der Waals surface area contributed by atoms with Crippen LogP contribution in [0.4, 0.5) is 5.13 Å². The fourth-order valence-electron chi connectivity index (χ4n) is 1.77. The molecule has 0 atom stereocenters. The summed E-state index contributed by atoms with van der Waals surface area (Å²) in [5.74, 6) is -0.149. The van der Waals surface area contributed by atoms with Gasteiger partial charge in [-0.3, -0.25) is 10.1 Å². The number of nitrogens with zero attached hydrogens (tertiary/aromatic N) is 2. The first kappa shape index (κ1) is 13.0. The number of rotatable bonds is 3. The molecule has 1 amide bonds. The number of aromatic nitrogens is 2. The number of carbonyl (C=O) groups excluding carboxylic acids is 1. The van der Waals surface area contributed by atoms with Crippen LogP contribution in [0.15, 0.2) is 41.2 Å². The Kier molecular flexibility index (Phi) is 3.58. The molecule has 0 fully saturated rings. The lowest BCUT2D eigenvalue weighted by Crippen LogP contribution is -2.11. The van der Waals surface area contributed by atoms with E-state index in [9.17, 15) is 4.79 Å². The molecule has 4 nitrogen and oxygen atoms in total. The van der Waals surface area contributed by atoms with Crippen molar-refractivity contribution in [3.63, 3.8) is 0 Å². The molecule has 0 aliphatic carbocycles. The summed E-state index contributed by atoms with van der Waals surface area (Å²) in [6, 6.07) is 9.10. The van der Waals surface area contributed by atoms with Gasteiger partial charge in [0.1, 0.15) is 0 Å². The summed E-state index contributed by atoms with van der Waals surface area (Å²) in [4.78, 5) is 21.7. The zero-order valence-corrected chi connectivity index (χ0v) is 12.3. The van der Waals surface area contributed by atoms with Gasteiger partial charge in [-0.1, -0.05) is 29.5 Å². The highest BCUT2D eigenvalue weighted by molar-refractivity contribution is 7.19. The van der Waals surface area contributed by atoms with E-state index >= 15 is 0 Å². The third-order valence-electron chi connectivity index (χ3n) is 2.72. The highest BCUT2D eigenvalue weighted by Crippen LogP contribution is 2.32. The van der Waals surface area contributed by atoms with E-state index in [1.54, 1.807) is 29.0 Å². The molecule has 2 heterocycles. The van der Waals surface area contributed by atoms with Crippen LogP contribution >= 0.6 is 22.7 Å².